The van der Waals surface area contributed by atoms with Gasteiger partial charge in [0.05, 0.1) is 5.56 Å². The van der Waals surface area contributed by atoms with Crippen LogP contribution in [0, 0.1) is 28.6 Å². The lowest BCUT2D eigenvalue weighted by atomic mass is 9.44. The van der Waals surface area contributed by atoms with Gasteiger partial charge in [-0.1, -0.05) is 67.9 Å². The number of rotatable bonds is 7. The molecule has 0 amide bonds. The summed E-state index contributed by atoms with van der Waals surface area (Å²) < 4.78 is 0. The summed E-state index contributed by atoms with van der Waals surface area (Å²) in [5.41, 5.74) is -3.20. The quantitative estimate of drug-likeness (QED) is 0.279. The van der Waals surface area contributed by atoms with Crippen LogP contribution in [0.4, 0.5) is 0 Å². The average Bonchev–Trinajstić information content (AvgIpc) is 2.84. The number of phenolic OH excluding ortho intramolecular Hbond substituents is 1. The van der Waals surface area contributed by atoms with Crippen LogP contribution in [0.1, 0.15) is 115 Å². The Morgan fingerprint density at radius 2 is 1.68 bits per heavy atom. The predicted octanol–water partition coefficient (Wildman–Crippen LogP) is 6.45. The number of carbonyl (C=O) groups is 3. The molecule has 7 heteroatoms. The van der Waals surface area contributed by atoms with E-state index in [9.17, 15) is 34.8 Å². The molecule has 4 rings (SSSR count). The van der Waals surface area contributed by atoms with Crippen LogP contribution in [-0.2, 0) is 22.4 Å². The molecule has 41 heavy (non-hydrogen) atoms. The van der Waals surface area contributed by atoms with Crippen molar-refractivity contribution in [2.45, 2.75) is 106 Å². The molecule has 7 nitrogen and oxygen atoms in total. The van der Waals surface area contributed by atoms with Gasteiger partial charge in [-0.2, -0.15) is 0 Å². The summed E-state index contributed by atoms with van der Waals surface area (Å²) in [6, 6.07) is 2.00. The van der Waals surface area contributed by atoms with Gasteiger partial charge in [0.2, 0.25) is 5.78 Å². The largest absolute Gasteiger partial charge is 0.511 e. The summed E-state index contributed by atoms with van der Waals surface area (Å²) in [6.45, 7) is 16.6. The van der Waals surface area contributed by atoms with Gasteiger partial charge in [-0.05, 0) is 67.1 Å². The van der Waals surface area contributed by atoms with Crippen molar-refractivity contribution < 1.29 is 34.8 Å². The average molecular weight is 567 g/mol. The van der Waals surface area contributed by atoms with Crippen LogP contribution in [0.2, 0.25) is 0 Å². The number of ketones is 3. The lowest BCUT2D eigenvalue weighted by molar-refractivity contribution is -0.171. The highest BCUT2D eigenvalue weighted by molar-refractivity contribution is 6.25. The maximum absolute atomic E-state index is 14.4. The molecule has 0 aliphatic heterocycles. The number of fused-ring (bicyclic) bond motifs is 3. The number of carbonyl (C=O) groups excluding carboxylic acids is 3. The van der Waals surface area contributed by atoms with Crippen molar-refractivity contribution in [3.8, 4) is 5.75 Å². The molecule has 3 aliphatic rings. The van der Waals surface area contributed by atoms with Gasteiger partial charge in [0.1, 0.15) is 22.8 Å². The van der Waals surface area contributed by atoms with E-state index in [1.165, 1.54) is 0 Å². The zero-order chi connectivity index (χ0) is 31.0. The molecule has 0 spiro atoms. The molecule has 0 saturated heterocycles. The molecular weight excluding hydrogens is 520 g/mol. The molecule has 1 aromatic carbocycles. The first-order chi connectivity index (χ1) is 18.9. The van der Waals surface area contributed by atoms with Crippen molar-refractivity contribution in [2.24, 2.45) is 28.6 Å². The number of benzene rings is 1. The number of aliphatic hydroxyl groups is 3. The van der Waals surface area contributed by atoms with Gasteiger partial charge in [-0.3, -0.25) is 14.4 Å². The number of Topliss-reactive ketones (excluding diaryl/α,β-unsaturated/α-hetero) is 3. The van der Waals surface area contributed by atoms with E-state index in [1.54, 1.807) is 6.92 Å². The van der Waals surface area contributed by atoms with E-state index in [0.29, 0.717) is 24.3 Å². The Bertz CT molecular complexity index is 1400. The number of phenols is 1. The lowest BCUT2D eigenvalue weighted by Gasteiger charge is -2.59. The molecule has 0 saturated carbocycles. The van der Waals surface area contributed by atoms with Gasteiger partial charge < -0.3 is 20.4 Å². The minimum absolute atomic E-state index is 0.0584. The zero-order valence-electron chi connectivity index (χ0n) is 25.9. The van der Waals surface area contributed by atoms with Gasteiger partial charge in [-0.15, -0.1) is 0 Å². The second-order valence-corrected chi connectivity index (χ2v) is 14.0. The fourth-order valence-electron chi connectivity index (χ4n) is 8.20. The monoisotopic (exact) mass is 566 g/mol. The highest BCUT2D eigenvalue weighted by Gasteiger charge is 2.71. The highest BCUT2D eigenvalue weighted by atomic mass is 16.3. The van der Waals surface area contributed by atoms with Crippen LogP contribution < -0.4 is 0 Å². The van der Waals surface area contributed by atoms with Crippen LogP contribution >= 0.6 is 0 Å². The van der Waals surface area contributed by atoms with E-state index in [1.807, 2.05) is 40.7 Å². The molecule has 0 heterocycles. The zero-order valence-corrected chi connectivity index (χ0v) is 25.9. The fraction of sp³-hybridized carbons (Fsp3) is 0.618. The molecule has 0 radical (unpaired) electrons. The van der Waals surface area contributed by atoms with Gasteiger partial charge in [0.25, 0.3) is 0 Å². The maximum atomic E-state index is 14.4. The van der Waals surface area contributed by atoms with Crippen molar-refractivity contribution in [1.29, 1.82) is 0 Å². The van der Waals surface area contributed by atoms with Crippen molar-refractivity contribution in [1.82, 2.24) is 0 Å². The first-order valence-electron chi connectivity index (χ1n) is 15.0. The van der Waals surface area contributed by atoms with Crippen LogP contribution in [0.25, 0.3) is 0 Å². The van der Waals surface area contributed by atoms with Crippen molar-refractivity contribution >= 4 is 17.3 Å². The smallest absolute Gasteiger partial charge is 0.209 e. The van der Waals surface area contributed by atoms with Gasteiger partial charge >= 0.3 is 0 Å². The Morgan fingerprint density at radius 1 is 1.07 bits per heavy atom. The van der Waals surface area contributed by atoms with E-state index in [0.717, 1.165) is 30.9 Å². The second-order valence-electron chi connectivity index (χ2n) is 14.0. The van der Waals surface area contributed by atoms with Crippen molar-refractivity contribution in [3.63, 3.8) is 0 Å². The molecule has 0 aromatic heterocycles. The number of hydrogen-bond donors (Lipinski definition) is 4. The van der Waals surface area contributed by atoms with Crippen LogP contribution in [0.5, 0.6) is 5.75 Å². The summed E-state index contributed by atoms with van der Waals surface area (Å²) in [6.07, 6.45) is 2.82. The first-order valence-corrected chi connectivity index (χ1v) is 15.0. The Morgan fingerprint density at radius 3 is 2.20 bits per heavy atom. The molecule has 2 unspecified atom stereocenters. The molecule has 3 aliphatic carbocycles. The SMILES string of the molecule is CCC(C)CCc1cc(C(C)C)c2c(c1O)C(=O)C1=C(O)[C@@]3(O)C(=O)C(C(C)=O)=C(O)C(C(C)C)[C@@]3(C)C[C@@]1(C)C2. The van der Waals surface area contributed by atoms with Crippen LogP contribution in [-0.4, -0.2) is 43.4 Å². The van der Waals surface area contributed by atoms with E-state index in [2.05, 4.69) is 13.8 Å². The third kappa shape index (κ3) is 4.21. The van der Waals surface area contributed by atoms with E-state index in [4.69, 9.17) is 0 Å². The summed E-state index contributed by atoms with van der Waals surface area (Å²) in [7, 11) is 0. The summed E-state index contributed by atoms with van der Waals surface area (Å²) >= 11 is 0. The molecule has 1 aromatic rings. The first kappa shape index (κ1) is 31.0. The van der Waals surface area contributed by atoms with Gasteiger partial charge in [0, 0.05) is 22.3 Å². The third-order valence-electron chi connectivity index (χ3n) is 10.3. The third-order valence-corrected chi connectivity index (χ3v) is 10.3. The van der Waals surface area contributed by atoms with E-state index < -0.39 is 51.0 Å². The van der Waals surface area contributed by atoms with Gasteiger partial charge in [0.15, 0.2) is 17.2 Å². The molecule has 224 valence electrons. The minimum atomic E-state index is -2.60. The van der Waals surface area contributed by atoms with Gasteiger partial charge in [-0.25, -0.2) is 0 Å². The van der Waals surface area contributed by atoms with E-state index in [-0.39, 0.29) is 40.9 Å². The molecule has 4 N–H and O–H groups in total. The van der Waals surface area contributed by atoms with E-state index >= 15 is 0 Å². The van der Waals surface area contributed by atoms with Crippen LogP contribution in [0.15, 0.2) is 28.7 Å². The predicted molar refractivity (Wildman–Crippen MR) is 157 cm³/mol. The molecular formula is C34H46O7. The summed E-state index contributed by atoms with van der Waals surface area (Å²) in [4.78, 5) is 40.8. The van der Waals surface area contributed by atoms with Crippen molar-refractivity contribution in [3.05, 3.63) is 51.0 Å². The highest BCUT2D eigenvalue weighted by Crippen LogP contribution is 2.65. The lowest BCUT2D eigenvalue weighted by Crippen LogP contribution is -2.67. The van der Waals surface area contributed by atoms with Crippen molar-refractivity contribution in [2.75, 3.05) is 0 Å². The number of aryl methyl sites for hydroxylation is 1. The second kappa shape index (κ2) is 10.1. The molecule has 0 bridgehead atoms. The fourth-order valence-corrected chi connectivity index (χ4v) is 8.20. The maximum Gasteiger partial charge on any atom is 0.209 e. The topological polar surface area (TPSA) is 132 Å². The molecule has 5 atom stereocenters. The molecule has 0 fully saturated rings. The number of allylic oxidation sites excluding steroid dienone is 2. The summed E-state index contributed by atoms with van der Waals surface area (Å²) in [5.74, 6) is -4.32. The van der Waals surface area contributed by atoms with Crippen LogP contribution in [0.3, 0.4) is 0 Å². The standard InChI is InChI=1S/C34H46O7/c1-10-18(6)11-12-20-13-21(16(2)3)22-14-32(8)15-33(9)25(17(4)5)28(37)23(19(7)35)30(39)34(33,41)31(40)26(32)29(38)24(22)27(20)36/h13,16-18,25,36-37,40-41H,10-12,14-15H2,1-9H3/t18?,25?,32-,33-,34+/m1/s1. The summed E-state index contributed by atoms with van der Waals surface area (Å²) in [5, 5.41) is 46.8. The number of hydrogen-bond acceptors (Lipinski definition) is 7. The number of aromatic hydroxyl groups is 1. The Balaban J connectivity index is 2.02. The normalized spacial score (nSPS) is 30.5. The minimum Gasteiger partial charge on any atom is -0.511 e. The number of aliphatic hydroxyl groups excluding tert-OH is 2. The Labute approximate surface area is 243 Å². The Hall–Kier alpha value is -2.93. The Kier molecular flexibility index (Phi) is 7.65.